The van der Waals surface area contributed by atoms with Gasteiger partial charge in [-0.15, -0.1) is 0 Å². The summed E-state index contributed by atoms with van der Waals surface area (Å²) in [5, 5.41) is 13.2. The van der Waals surface area contributed by atoms with Crippen molar-refractivity contribution < 1.29 is 9.90 Å². The molecule has 1 aromatic carbocycles. The number of rotatable bonds is 5. The molecule has 0 aliphatic carbocycles. The van der Waals surface area contributed by atoms with Gasteiger partial charge in [0.2, 0.25) is 0 Å². The molecule has 4 nitrogen and oxygen atoms in total. The molecule has 0 fully saturated rings. The van der Waals surface area contributed by atoms with E-state index < -0.39 is 0 Å². The summed E-state index contributed by atoms with van der Waals surface area (Å²) in [6.07, 6.45) is 0.331. The van der Waals surface area contributed by atoms with Gasteiger partial charge in [0.15, 0.2) is 0 Å². The van der Waals surface area contributed by atoms with E-state index in [1.54, 1.807) is 6.92 Å². The van der Waals surface area contributed by atoms with Crippen molar-refractivity contribution in [2.24, 2.45) is 5.92 Å². The SMILES string of the molecule is Cc1cc(C(=O)NC[C@H](C)C[C@@H](C)O)c2ccccc2n1. The van der Waals surface area contributed by atoms with Crippen LogP contribution >= 0.6 is 0 Å². The summed E-state index contributed by atoms with van der Waals surface area (Å²) in [5.74, 6) is 0.150. The second-order valence-electron chi connectivity index (χ2n) is 5.73. The van der Waals surface area contributed by atoms with E-state index in [4.69, 9.17) is 0 Å². The molecule has 112 valence electrons. The first-order chi connectivity index (χ1) is 9.97. The minimum Gasteiger partial charge on any atom is -0.393 e. The first kappa shape index (κ1) is 15.4. The van der Waals surface area contributed by atoms with Gasteiger partial charge in [0.25, 0.3) is 5.91 Å². The van der Waals surface area contributed by atoms with Crippen molar-refractivity contribution in [1.29, 1.82) is 0 Å². The predicted octanol–water partition coefficient (Wildman–Crippen LogP) is 2.68. The van der Waals surface area contributed by atoms with Gasteiger partial charge in [0.05, 0.1) is 17.2 Å². The van der Waals surface area contributed by atoms with E-state index >= 15 is 0 Å². The maximum Gasteiger partial charge on any atom is 0.252 e. The van der Waals surface area contributed by atoms with Crippen molar-refractivity contribution in [2.75, 3.05) is 6.54 Å². The third-order valence-electron chi connectivity index (χ3n) is 3.44. The summed E-state index contributed by atoms with van der Waals surface area (Å²) in [5.41, 5.74) is 2.32. The van der Waals surface area contributed by atoms with Crippen molar-refractivity contribution in [3.8, 4) is 0 Å². The highest BCUT2D eigenvalue weighted by atomic mass is 16.3. The number of aromatic nitrogens is 1. The third-order valence-corrected chi connectivity index (χ3v) is 3.44. The zero-order valence-corrected chi connectivity index (χ0v) is 12.8. The van der Waals surface area contributed by atoms with Crippen LogP contribution in [0.1, 0.15) is 36.3 Å². The Morgan fingerprint density at radius 3 is 2.76 bits per heavy atom. The average Bonchev–Trinajstić information content (AvgIpc) is 2.43. The summed E-state index contributed by atoms with van der Waals surface area (Å²) in [6.45, 7) is 6.22. The quantitative estimate of drug-likeness (QED) is 0.888. The second-order valence-corrected chi connectivity index (χ2v) is 5.73. The number of nitrogens with zero attached hydrogens (tertiary/aromatic N) is 1. The van der Waals surface area contributed by atoms with E-state index in [0.29, 0.717) is 18.5 Å². The van der Waals surface area contributed by atoms with Crippen molar-refractivity contribution in [1.82, 2.24) is 10.3 Å². The molecule has 0 radical (unpaired) electrons. The molecule has 0 saturated heterocycles. The minimum atomic E-state index is -0.346. The molecule has 2 rings (SSSR count). The van der Waals surface area contributed by atoms with Gasteiger partial charge in [-0.1, -0.05) is 25.1 Å². The van der Waals surface area contributed by atoms with Gasteiger partial charge in [-0.3, -0.25) is 9.78 Å². The van der Waals surface area contributed by atoms with Gasteiger partial charge in [-0.25, -0.2) is 0 Å². The maximum atomic E-state index is 12.4. The molecule has 0 unspecified atom stereocenters. The van der Waals surface area contributed by atoms with E-state index in [1.165, 1.54) is 0 Å². The van der Waals surface area contributed by atoms with E-state index in [2.05, 4.69) is 10.3 Å². The van der Waals surface area contributed by atoms with Gasteiger partial charge in [0, 0.05) is 17.6 Å². The highest BCUT2D eigenvalue weighted by Crippen LogP contribution is 2.18. The fraction of sp³-hybridized carbons (Fsp3) is 0.412. The first-order valence-electron chi connectivity index (χ1n) is 7.30. The van der Waals surface area contributed by atoms with Gasteiger partial charge in [-0.05, 0) is 38.3 Å². The Hall–Kier alpha value is -1.94. The second kappa shape index (κ2) is 6.68. The Morgan fingerprint density at radius 2 is 2.05 bits per heavy atom. The Labute approximate surface area is 125 Å². The number of aliphatic hydroxyl groups excluding tert-OH is 1. The number of aliphatic hydroxyl groups is 1. The number of amides is 1. The summed E-state index contributed by atoms with van der Waals surface area (Å²) in [4.78, 5) is 16.8. The Morgan fingerprint density at radius 1 is 1.33 bits per heavy atom. The van der Waals surface area contributed by atoms with Gasteiger partial charge < -0.3 is 10.4 Å². The van der Waals surface area contributed by atoms with Crippen LogP contribution in [0, 0.1) is 12.8 Å². The number of carbonyl (C=O) groups excluding carboxylic acids is 1. The molecule has 0 aliphatic rings. The highest BCUT2D eigenvalue weighted by Gasteiger charge is 2.13. The van der Waals surface area contributed by atoms with Crippen LogP contribution in [0.3, 0.4) is 0 Å². The first-order valence-corrected chi connectivity index (χ1v) is 7.30. The molecule has 0 saturated carbocycles. The number of para-hydroxylation sites is 1. The molecule has 0 aliphatic heterocycles. The molecule has 2 aromatic rings. The molecule has 4 heteroatoms. The Kier molecular flexibility index (Phi) is 4.91. The lowest BCUT2D eigenvalue weighted by molar-refractivity contribution is 0.0941. The van der Waals surface area contributed by atoms with Crippen LogP contribution in [0.2, 0.25) is 0 Å². The number of pyridine rings is 1. The van der Waals surface area contributed by atoms with Crippen molar-refractivity contribution >= 4 is 16.8 Å². The molecular weight excluding hydrogens is 264 g/mol. The molecule has 0 spiro atoms. The summed E-state index contributed by atoms with van der Waals surface area (Å²) < 4.78 is 0. The van der Waals surface area contributed by atoms with Crippen LogP contribution < -0.4 is 5.32 Å². The molecule has 1 amide bonds. The third kappa shape index (κ3) is 4.02. The summed E-state index contributed by atoms with van der Waals surface area (Å²) in [6, 6.07) is 9.47. The normalized spacial score (nSPS) is 13.9. The average molecular weight is 286 g/mol. The highest BCUT2D eigenvalue weighted by molar-refractivity contribution is 6.06. The van der Waals surface area contributed by atoms with Gasteiger partial charge in [-0.2, -0.15) is 0 Å². The standard InChI is InChI=1S/C17H22N2O2/c1-11(8-13(3)20)10-18-17(21)15-9-12(2)19-16-7-5-4-6-14(15)16/h4-7,9,11,13,20H,8,10H2,1-3H3,(H,18,21)/t11-,13-/m1/s1. The molecule has 0 bridgehead atoms. The van der Waals surface area contributed by atoms with Crippen LogP contribution in [-0.2, 0) is 0 Å². The monoisotopic (exact) mass is 286 g/mol. The van der Waals surface area contributed by atoms with Crippen LogP contribution in [0.25, 0.3) is 10.9 Å². The molecule has 2 atom stereocenters. The van der Waals surface area contributed by atoms with E-state index in [0.717, 1.165) is 16.6 Å². The van der Waals surface area contributed by atoms with Crippen molar-refractivity contribution in [3.05, 3.63) is 41.6 Å². The number of aryl methyl sites for hydroxylation is 1. The van der Waals surface area contributed by atoms with E-state index in [1.807, 2.05) is 44.2 Å². The van der Waals surface area contributed by atoms with Crippen LogP contribution in [0.15, 0.2) is 30.3 Å². The fourth-order valence-electron chi connectivity index (χ4n) is 2.52. The minimum absolute atomic E-state index is 0.0888. The molecule has 1 heterocycles. The van der Waals surface area contributed by atoms with Crippen LogP contribution in [-0.4, -0.2) is 28.6 Å². The van der Waals surface area contributed by atoms with Crippen LogP contribution in [0.5, 0.6) is 0 Å². The lowest BCUT2D eigenvalue weighted by Crippen LogP contribution is -2.29. The topological polar surface area (TPSA) is 62.2 Å². The molecular formula is C17H22N2O2. The fourth-order valence-corrected chi connectivity index (χ4v) is 2.52. The van der Waals surface area contributed by atoms with Gasteiger partial charge in [0.1, 0.15) is 0 Å². The van der Waals surface area contributed by atoms with Crippen molar-refractivity contribution in [3.63, 3.8) is 0 Å². The molecule has 21 heavy (non-hydrogen) atoms. The number of nitrogens with one attached hydrogen (secondary N) is 1. The number of carbonyl (C=O) groups is 1. The molecule has 2 N–H and O–H groups in total. The maximum absolute atomic E-state index is 12.4. The predicted molar refractivity (Wildman–Crippen MR) is 84.3 cm³/mol. The van der Waals surface area contributed by atoms with E-state index in [9.17, 15) is 9.90 Å². The summed E-state index contributed by atoms with van der Waals surface area (Å²) >= 11 is 0. The number of fused-ring (bicyclic) bond motifs is 1. The van der Waals surface area contributed by atoms with Crippen LogP contribution in [0.4, 0.5) is 0 Å². The van der Waals surface area contributed by atoms with Crippen molar-refractivity contribution in [2.45, 2.75) is 33.3 Å². The molecule has 1 aromatic heterocycles. The number of benzene rings is 1. The number of hydrogen-bond donors (Lipinski definition) is 2. The lowest BCUT2D eigenvalue weighted by Gasteiger charge is -2.15. The summed E-state index contributed by atoms with van der Waals surface area (Å²) in [7, 11) is 0. The van der Waals surface area contributed by atoms with Gasteiger partial charge >= 0.3 is 0 Å². The number of hydrogen-bond acceptors (Lipinski definition) is 3. The Balaban J connectivity index is 2.16. The zero-order chi connectivity index (χ0) is 15.4. The zero-order valence-electron chi connectivity index (χ0n) is 12.8. The Bertz CT molecular complexity index is 638. The largest absolute Gasteiger partial charge is 0.393 e. The smallest absolute Gasteiger partial charge is 0.252 e. The van der Waals surface area contributed by atoms with E-state index in [-0.39, 0.29) is 17.9 Å². The lowest BCUT2D eigenvalue weighted by atomic mass is 10.0.